The molecule has 0 aliphatic rings. The third kappa shape index (κ3) is 1.88. The van der Waals surface area contributed by atoms with E-state index in [2.05, 4.69) is 30.4 Å². The molecule has 0 atom stereocenters. The number of nitrogens with one attached hydrogen (secondary N) is 2. The van der Waals surface area contributed by atoms with Crippen molar-refractivity contribution in [3.63, 3.8) is 0 Å². The maximum atomic E-state index is 4.59. The molecule has 0 amide bonds. The Hall–Kier alpha value is -3.02. The van der Waals surface area contributed by atoms with Crippen LogP contribution in [-0.4, -0.2) is 30.4 Å². The van der Waals surface area contributed by atoms with Crippen LogP contribution >= 0.6 is 0 Å². The van der Waals surface area contributed by atoms with E-state index in [-0.39, 0.29) is 0 Å². The first kappa shape index (κ1) is 11.8. The van der Waals surface area contributed by atoms with Crippen molar-refractivity contribution < 1.29 is 0 Å². The van der Waals surface area contributed by atoms with E-state index in [4.69, 9.17) is 0 Å². The highest BCUT2D eigenvalue weighted by Gasteiger charge is 2.14. The summed E-state index contributed by atoms with van der Waals surface area (Å²) in [6.45, 7) is 1.99. The van der Waals surface area contributed by atoms with Crippen LogP contribution in [0.3, 0.4) is 0 Å². The number of pyridine rings is 2. The Morgan fingerprint density at radius 2 is 2.10 bits per heavy atom. The van der Waals surface area contributed by atoms with Crippen LogP contribution in [0.4, 0.5) is 0 Å². The van der Waals surface area contributed by atoms with Crippen LogP contribution in [0, 0.1) is 6.92 Å². The molecule has 0 fully saturated rings. The van der Waals surface area contributed by atoms with Gasteiger partial charge < -0.3 is 0 Å². The lowest BCUT2D eigenvalue weighted by Gasteiger charge is -2.05. The molecule has 2 N–H and O–H groups in total. The summed E-state index contributed by atoms with van der Waals surface area (Å²) >= 11 is 0. The summed E-state index contributed by atoms with van der Waals surface area (Å²) in [5.41, 5.74) is 5.34. The Labute approximate surface area is 120 Å². The van der Waals surface area contributed by atoms with Crippen molar-refractivity contribution in [3.8, 4) is 22.5 Å². The average molecular weight is 276 g/mol. The molecule has 6 nitrogen and oxygen atoms in total. The highest BCUT2D eigenvalue weighted by atomic mass is 15.1. The predicted molar refractivity (Wildman–Crippen MR) is 79.4 cm³/mol. The van der Waals surface area contributed by atoms with Crippen molar-refractivity contribution in [1.82, 2.24) is 30.4 Å². The summed E-state index contributed by atoms with van der Waals surface area (Å²) in [6, 6.07) is 7.89. The normalized spacial score (nSPS) is 11.1. The van der Waals surface area contributed by atoms with Crippen molar-refractivity contribution in [3.05, 3.63) is 48.5 Å². The maximum absolute atomic E-state index is 4.59. The minimum atomic E-state index is 0.687. The lowest BCUT2D eigenvalue weighted by Crippen LogP contribution is -1.90. The van der Waals surface area contributed by atoms with Crippen LogP contribution in [-0.2, 0) is 0 Å². The molecular formula is C15H12N6. The smallest absolute Gasteiger partial charge is 0.182 e. The van der Waals surface area contributed by atoms with E-state index in [9.17, 15) is 0 Å². The van der Waals surface area contributed by atoms with Gasteiger partial charge >= 0.3 is 0 Å². The molecular weight excluding hydrogens is 264 g/mol. The molecule has 21 heavy (non-hydrogen) atoms. The molecule has 4 rings (SSSR count). The van der Waals surface area contributed by atoms with Crippen molar-refractivity contribution in [2.75, 3.05) is 0 Å². The van der Waals surface area contributed by atoms with Gasteiger partial charge in [0.1, 0.15) is 0 Å². The molecule has 0 aliphatic carbocycles. The number of rotatable bonds is 2. The minimum Gasteiger partial charge on any atom is -0.285 e. The van der Waals surface area contributed by atoms with Gasteiger partial charge in [0.2, 0.25) is 0 Å². The Bertz CT molecular complexity index is 893. The number of aromatic amines is 2. The number of H-pyrrole nitrogens is 2. The number of fused-ring (bicyclic) bond motifs is 1. The topological polar surface area (TPSA) is 83.1 Å². The van der Waals surface area contributed by atoms with Gasteiger partial charge in [-0.1, -0.05) is 6.07 Å². The summed E-state index contributed by atoms with van der Waals surface area (Å²) < 4.78 is 0. The zero-order valence-corrected chi connectivity index (χ0v) is 11.3. The minimum absolute atomic E-state index is 0.687. The van der Waals surface area contributed by atoms with Crippen molar-refractivity contribution >= 4 is 11.0 Å². The number of hydrogen-bond donors (Lipinski definition) is 2. The van der Waals surface area contributed by atoms with Gasteiger partial charge in [-0.15, -0.1) is 0 Å². The second-order valence-electron chi connectivity index (χ2n) is 4.80. The summed E-state index contributed by atoms with van der Waals surface area (Å²) in [5.74, 6) is 0. The van der Waals surface area contributed by atoms with Gasteiger partial charge in [-0.05, 0) is 25.1 Å². The second-order valence-corrected chi connectivity index (χ2v) is 4.80. The Balaban J connectivity index is 2.05. The molecule has 4 aromatic rings. The first-order valence-electron chi connectivity index (χ1n) is 6.59. The Morgan fingerprint density at radius 1 is 1.14 bits per heavy atom. The number of nitrogens with zero attached hydrogens (tertiary/aromatic N) is 4. The van der Waals surface area contributed by atoms with Gasteiger partial charge in [0.05, 0.1) is 23.0 Å². The fourth-order valence-corrected chi connectivity index (χ4v) is 2.44. The van der Waals surface area contributed by atoms with E-state index >= 15 is 0 Å². The number of aromatic nitrogens is 6. The van der Waals surface area contributed by atoms with Crippen LogP contribution < -0.4 is 0 Å². The van der Waals surface area contributed by atoms with Crippen LogP contribution in [0.2, 0.25) is 0 Å². The molecule has 0 saturated carbocycles. The van der Waals surface area contributed by atoms with Gasteiger partial charge in [0.25, 0.3) is 0 Å². The Morgan fingerprint density at radius 3 is 2.86 bits per heavy atom. The SMILES string of the molecule is Cc1[nH]nc2nc(-c3cn[nH]c3)cc(-c3ccccn3)c12. The van der Waals surface area contributed by atoms with Crippen LogP contribution in [0.5, 0.6) is 0 Å². The number of aryl methyl sites for hydroxylation is 1. The predicted octanol–water partition coefficient (Wildman–Crippen LogP) is 2.72. The average Bonchev–Trinajstić information content (AvgIpc) is 3.18. The van der Waals surface area contributed by atoms with E-state index in [1.165, 1.54) is 0 Å². The summed E-state index contributed by atoms with van der Waals surface area (Å²) in [5, 5.41) is 15.1. The van der Waals surface area contributed by atoms with Gasteiger partial charge in [0, 0.05) is 29.2 Å². The lowest BCUT2D eigenvalue weighted by molar-refractivity contribution is 1.06. The third-order valence-electron chi connectivity index (χ3n) is 3.44. The molecule has 4 aromatic heterocycles. The Kier molecular flexibility index (Phi) is 2.53. The molecule has 0 aliphatic heterocycles. The van der Waals surface area contributed by atoms with Crippen LogP contribution in [0.25, 0.3) is 33.5 Å². The largest absolute Gasteiger partial charge is 0.285 e. The standard InChI is InChI=1S/C15H12N6/c1-9-14-11(12-4-2-3-5-16-12)6-13(10-7-17-18-8-10)19-15(14)21-20-9/h2-8H,1H3,(H,17,18)(H,19,20,21). The van der Waals surface area contributed by atoms with E-state index in [1.807, 2.05) is 37.4 Å². The maximum Gasteiger partial charge on any atom is 0.182 e. The van der Waals surface area contributed by atoms with Crippen LogP contribution in [0.15, 0.2) is 42.9 Å². The molecule has 0 bridgehead atoms. The summed E-state index contributed by atoms with van der Waals surface area (Å²) in [7, 11) is 0. The molecule has 4 heterocycles. The molecule has 0 radical (unpaired) electrons. The van der Waals surface area contributed by atoms with Crippen molar-refractivity contribution in [1.29, 1.82) is 0 Å². The highest BCUT2D eigenvalue weighted by molar-refractivity contribution is 5.95. The van der Waals surface area contributed by atoms with Gasteiger partial charge in [-0.3, -0.25) is 15.2 Å². The van der Waals surface area contributed by atoms with Gasteiger partial charge in [-0.25, -0.2) is 4.98 Å². The molecule has 0 unspecified atom stereocenters. The first-order valence-corrected chi connectivity index (χ1v) is 6.59. The third-order valence-corrected chi connectivity index (χ3v) is 3.44. The quantitative estimate of drug-likeness (QED) is 0.589. The first-order chi connectivity index (χ1) is 10.3. The van der Waals surface area contributed by atoms with E-state index in [0.29, 0.717) is 5.65 Å². The fraction of sp³-hybridized carbons (Fsp3) is 0.0667. The fourth-order valence-electron chi connectivity index (χ4n) is 2.44. The molecule has 102 valence electrons. The van der Waals surface area contributed by atoms with Crippen molar-refractivity contribution in [2.45, 2.75) is 6.92 Å². The molecule has 6 heteroatoms. The molecule has 0 aromatic carbocycles. The van der Waals surface area contributed by atoms with E-state index in [1.54, 1.807) is 12.4 Å². The lowest BCUT2D eigenvalue weighted by atomic mass is 10.0. The van der Waals surface area contributed by atoms with E-state index < -0.39 is 0 Å². The van der Waals surface area contributed by atoms with Crippen molar-refractivity contribution in [2.24, 2.45) is 0 Å². The zero-order chi connectivity index (χ0) is 14.2. The second kappa shape index (κ2) is 4.52. The monoisotopic (exact) mass is 276 g/mol. The van der Waals surface area contributed by atoms with Crippen LogP contribution in [0.1, 0.15) is 5.69 Å². The van der Waals surface area contributed by atoms with E-state index in [0.717, 1.165) is 33.6 Å². The van der Waals surface area contributed by atoms with Gasteiger partial charge in [-0.2, -0.15) is 10.2 Å². The zero-order valence-electron chi connectivity index (χ0n) is 11.3. The summed E-state index contributed by atoms with van der Waals surface area (Å²) in [4.78, 5) is 9.04. The molecule has 0 saturated heterocycles. The molecule has 0 spiro atoms. The van der Waals surface area contributed by atoms with Gasteiger partial charge in [0.15, 0.2) is 5.65 Å². The summed E-state index contributed by atoms with van der Waals surface area (Å²) in [6.07, 6.45) is 5.35. The highest BCUT2D eigenvalue weighted by Crippen LogP contribution is 2.31. The number of hydrogen-bond acceptors (Lipinski definition) is 4.